The molecule has 3 aromatic heterocycles. The lowest BCUT2D eigenvalue weighted by molar-refractivity contribution is 0.508. The number of hydrogen-bond acceptors (Lipinski definition) is 7. The number of rotatable bonds is 7. The highest BCUT2D eigenvalue weighted by Crippen LogP contribution is 2.35. The Morgan fingerprint density at radius 2 is 1.84 bits per heavy atom. The summed E-state index contributed by atoms with van der Waals surface area (Å²) >= 11 is 3.01. The predicted molar refractivity (Wildman–Crippen MR) is 119 cm³/mol. The van der Waals surface area contributed by atoms with Gasteiger partial charge in [0.05, 0.1) is 22.0 Å². The van der Waals surface area contributed by atoms with Crippen LogP contribution in [0.2, 0.25) is 0 Å². The van der Waals surface area contributed by atoms with E-state index in [1.54, 1.807) is 17.4 Å². The first-order valence-corrected chi connectivity index (χ1v) is 12.5. The third kappa shape index (κ3) is 4.53. The number of benzene rings is 1. The Balaban J connectivity index is 1.54. The molecule has 4 rings (SSSR count). The molecule has 32 heavy (non-hydrogen) atoms. The second kappa shape index (κ2) is 8.98. The molecule has 0 aliphatic rings. The minimum Gasteiger partial charge on any atom is -0.268 e. The number of hydrogen-bond donors (Lipinski definition) is 1. The van der Waals surface area contributed by atoms with Crippen molar-refractivity contribution in [2.24, 2.45) is 0 Å². The molecule has 1 aromatic carbocycles. The summed E-state index contributed by atoms with van der Waals surface area (Å²) < 4.78 is 55.4. The fraction of sp³-hybridized carbons (Fsp3) is 0.150. The van der Waals surface area contributed by atoms with Crippen molar-refractivity contribution < 1.29 is 17.2 Å². The zero-order chi connectivity index (χ0) is 22.9. The van der Waals surface area contributed by atoms with Crippen LogP contribution in [0.15, 0.2) is 57.5 Å². The summed E-state index contributed by atoms with van der Waals surface area (Å²) in [6.45, 7) is 1.43. The van der Waals surface area contributed by atoms with Crippen LogP contribution in [0.5, 0.6) is 0 Å². The van der Waals surface area contributed by atoms with Crippen molar-refractivity contribution in [2.75, 3.05) is 6.54 Å². The van der Waals surface area contributed by atoms with Crippen molar-refractivity contribution in [3.05, 3.63) is 75.5 Å². The highest BCUT2D eigenvalue weighted by Gasteiger charge is 2.23. The molecule has 0 radical (unpaired) electrons. The maximum atomic E-state index is 13.8. The average Bonchev–Trinajstić information content (AvgIpc) is 3.39. The SMILES string of the molecule is Cc1nc(-c2cccs2)sc1-c1ccc(=O)n(CCNS(=O)(=O)c2c(F)cccc2F)n1. The van der Waals surface area contributed by atoms with E-state index < -0.39 is 32.1 Å². The smallest absolute Gasteiger partial charge is 0.266 e. The van der Waals surface area contributed by atoms with Gasteiger partial charge in [0.25, 0.3) is 5.56 Å². The number of halogens is 2. The van der Waals surface area contributed by atoms with E-state index in [-0.39, 0.29) is 13.1 Å². The van der Waals surface area contributed by atoms with E-state index in [9.17, 15) is 22.0 Å². The summed E-state index contributed by atoms with van der Waals surface area (Å²) in [5.74, 6) is -2.39. The summed E-state index contributed by atoms with van der Waals surface area (Å²) in [6.07, 6.45) is 0. The van der Waals surface area contributed by atoms with Gasteiger partial charge in [0.15, 0.2) is 4.90 Å². The Labute approximate surface area is 190 Å². The van der Waals surface area contributed by atoms with Gasteiger partial charge in [0.1, 0.15) is 22.3 Å². The van der Waals surface area contributed by atoms with Crippen molar-refractivity contribution in [3.63, 3.8) is 0 Å². The maximum absolute atomic E-state index is 13.8. The van der Waals surface area contributed by atoms with E-state index in [2.05, 4.69) is 14.8 Å². The van der Waals surface area contributed by atoms with Gasteiger partial charge in [-0.2, -0.15) is 5.10 Å². The number of thiophene rings is 1. The lowest BCUT2D eigenvalue weighted by Crippen LogP contribution is -2.32. The molecule has 0 spiro atoms. The zero-order valence-corrected chi connectivity index (χ0v) is 19.0. The summed E-state index contributed by atoms with van der Waals surface area (Å²) in [5.41, 5.74) is 0.836. The van der Waals surface area contributed by atoms with Crippen LogP contribution < -0.4 is 10.3 Å². The number of nitrogens with one attached hydrogen (secondary N) is 1. The number of nitrogens with zero attached hydrogens (tertiary/aromatic N) is 3. The van der Waals surface area contributed by atoms with Gasteiger partial charge in [-0.05, 0) is 36.6 Å². The second-order valence-corrected chi connectivity index (χ2v) is 10.3. The molecule has 166 valence electrons. The molecular formula is C20H16F2N4O3S3. The van der Waals surface area contributed by atoms with E-state index in [4.69, 9.17) is 0 Å². The minimum absolute atomic E-state index is 0.127. The quantitative estimate of drug-likeness (QED) is 0.423. The van der Waals surface area contributed by atoms with Gasteiger partial charge in [0, 0.05) is 12.6 Å². The molecule has 0 bridgehead atoms. The molecule has 3 heterocycles. The monoisotopic (exact) mass is 494 g/mol. The Morgan fingerprint density at radius 3 is 2.53 bits per heavy atom. The van der Waals surface area contributed by atoms with Crippen LogP contribution in [0.1, 0.15) is 5.69 Å². The molecule has 0 aliphatic carbocycles. The molecule has 0 amide bonds. The van der Waals surface area contributed by atoms with E-state index >= 15 is 0 Å². The molecule has 0 saturated heterocycles. The third-order valence-electron chi connectivity index (χ3n) is 4.43. The third-order valence-corrected chi connectivity index (χ3v) is 8.16. The first-order valence-electron chi connectivity index (χ1n) is 9.30. The zero-order valence-electron chi connectivity index (χ0n) is 16.6. The summed E-state index contributed by atoms with van der Waals surface area (Å²) in [6, 6.07) is 9.59. The fourth-order valence-corrected chi connectivity index (χ4v) is 5.95. The molecule has 0 aliphatic heterocycles. The van der Waals surface area contributed by atoms with Crippen molar-refractivity contribution >= 4 is 32.7 Å². The van der Waals surface area contributed by atoms with Crippen molar-refractivity contribution in [2.45, 2.75) is 18.4 Å². The minimum atomic E-state index is -4.45. The van der Waals surface area contributed by atoms with Crippen LogP contribution in [-0.4, -0.2) is 29.7 Å². The summed E-state index contributed by atoms with van der Waals surface area (Å²) in [7, 11) is -4.45. The first kappa shape index (κ1) is 22.4. The van der Waals surface area contributed by atoms with Crippen molar-refractivity contribution in [1.29, 1.82) is 0 Å². The van der Waals surface area contributed by atoms with E-state index in [0.717, 1.165) is 43.3 Å². The fourth-order valence-electron chi connectivity index (χ4n) is 2.97. The van der Waals surface area contributed by atoms with Crippen LogP contribution in [0.4, 0.5) is 8.78 Å². The largest absolute Gasteiger partial charge is 0.268 e. The Hall–Kier alpha value is -2.80. The normalized spacial score (nSPS) is 11.7. The lowest BCUT2D eigenvalue weighted by atomic mass is 10.3. The molecule has 0 saturated carbocycles. The highest BCUT2D eigenvalue weighted by atomic mass is 32.2. The molecule has 0 atom stereocenters. The van der Waals surface area contributed by atoms with Gasteiger partial charge in [-0.3, -0.25) is 4.79 Å². The van der Waals surface area contributed by atoms with Crippen LogP contribution in [0.25, 0.3) is 20.5 Å². The molecule has 0 unspecified atom stereocenters. The lowest BCUT2D eigenvalue weighted by Gasteiger charge is -2.10. The number of aryl methyl sites for hydroxylation is 1. The van der Waals surface area contributed by atoms with Crippen LogP contribution in [-0.2, 0) is 16.6 Å². The Morgan fingerprint density at radius 1 is 1.09 bits per heavy atom. The van der Waals surface area contributed by atoms with Gasteiger partial charge in [0.2, 0.25) is 10.0 Å². The Kier molecular flexibility index (Phi) is 6.29. The van der Waals surface area contributed by atoms with Crippen LogP contribution in [0.3, 0.4) is 0 Å². The van der Waals surface area contributed by atoms with Gasteiger partial charge >= 0.3 is 0 Å². The molecule has 12 heteroatoms. The standard InChI is InChI=1S/C20H16F2N4O3S3/c1-12-18(31-20(24-12)16-6-3-11-30-16)15-7-8-17(27)26(25-15)10-9-23-32(28,29)19-13(21)4-2-5-14(19)22/h2-8,11,23H,9-10H2,1H3. The van der Waals surface area contributed by atoms with E-state index in [1.807, 2.05) is 24.4 Å². The van der Waals surface area contributed by atoms with Crippen molar-refractivity contribution in [1.82, 2.24) is 19.5 Å². The van der Waals surface area contributed by atoms with Crippen LogP contribution in [0, 0.1) is 18.6 Å². The molecular weight excluding hydrogens is 478 g/mol. The number of sulfonamides is 1. The maximum Gasteiger partial charge on any atom is 0.266 e. The summed E-state index contributed by atoms with van der Waals surface area (Å²) in [4.78, 5) is 17.5. The number of thiazole rings is 1. The molecule has 1 N–H and O–H groups in total. The summed E-state index contributed by atoms with van der Waals surface area (Å²) in [5, 5.41) is 7.12. The van der Waals surface area contributed by atoms with Crippen LogP contribution >= 0.6 is 22.7 Å². The van der Waals surface area contributed by atoms with E-state index in [0.29, 0.717) is 5.69 Å². The first-order chi connectivity index (χ1) is 15.3. The number of aromatic nitrogens is 3. The highest BCUT2D eigenvalue weighted by molar-refractivity contribution is 7.89. The van der Waals surface area contributed by atoms with Crippen molar-refractivity contribution in [3.8, 4) is 20.5 Å². The second-order valence-electron chi connectivity index (χ2n) is 6.64. The Bertz CT molecular complexity index is 1410. The topological polar surface area (TPSA) is 94.0 Å². The van der Waals surface area contributed by atoms with Gasteiger partial charge in [-0.1, -0.05) is 12.1 Å². The predicted octanol–water partition coefficient (Wildman–Crippen LogP) is 3.66. The average molecular weight is 495 g/mol. The van der Waals surface area contributed by atoms with Gasteiger partial charge < -0.3 is 0 Å². The molecule has 7 nitrogen and oxygen atoms in total. The molecule has 4 aromatic rings. The van der Waals surface area contributed by atoms with E-state index in [1.165, 1.54) is 17.4 Å². The van der Waals surface area contributed by atoms with Gasteiger partial charge in [-0.15, -0.1) is 22.7 Å². The molecule has 0 fully saturated rings. The van der Waals surface area contributed by atoms with Gasteiger partial charge in [-0.25, -0.2) is 31.6 Å².